The summed E-state index contributed by atoms with van der Waals surface area (Å²) < 4.78 is 13.0. The Hall–Kier alpha value is -1.95. The molecule has 5 nitrogen and oxygen atoms in total. The van der Waals surface area contributed by atoms with E-state index in [1.54, 1.807) is 6.07 Å². The van der Waals surface area contributed by atoms with E-state index in [1.165, 1.54) is 23.1 Å². The largest absolute Gasteiger partial charge is 0.481 e. The highest BCUT2D eigenvalue weighted by Gasteiger charge is 2.12. The van der Waals surface area contributed by atoms with E-state index in [0.717, 1.165) is 0 Å². The van der Waals surface area contributed by atoms with Crippen molar-refractivity contribution >= 4 is 11.9 Å². The summed E-state index contributed by atoms with van der Waals surface area (Å²) in [5, 5.41) is 17.3. The zero-order valence-electron chi connectivity index (χ0n) is 9.67. The normalized spacial score (nSPS) is 10.6. The van der Waals surface area contributed by atoms with E-state index in [1.807, 2.05) is 0 Å². The molecule has 0 aliphatic rings. The summed E-state index contributed by atoms with van der Waals surface area (Å²) in [6, 6.07) is 5.79. The van der Waals surface area contributed by atoms with Crippen LogP contribution in [0.3, 0.4) is 0 Å². The topological polar surface area (TPSA) is 77.8 Å². The molecule has 1 rings (SSSR count). The molecule has 0 fully saturated rings. The third-order valence-electron chi connectivity index (χ3n) is 2.30. The first-order chi connectivity index (χ1) is 8.47. The molecule has 0 heterocycles. The maximum Gasteiger partial charge on any atom is 0.317 e. The molecule has 0 aliphatic heterocycles. The third kappa shape index (κ3) is 5.40. The molecule has 6 heteroatoms. The van der Waals surface area contributed by atoms with Crippen molar-refractivity contribution in [1.29, 1.82) is 0 Å². The van der Waals surface area contributed by atoms with Crippen molar-refractivity contribution in [2.24, 2.45) is 0 Å². The number of benzene rings is 1. The van der Waals surface area contributed by atoms with Crippen molar-refractivity contribution < 1.29 is 24.2 Å². The number of carboxylic acid groups (broad SMARTS) is 2. The van der Waals surface area contributed by atoms with Gasteiger partial charge in [-0.2, -0.15) is 0 Å². The first-order valence-electron chi connectivity index (χ1n) is 5.38. The van der Waals surface area contributed by atoms with Crippen molar-refractivity contribution in [2.75, 3.05) is 13.1 Å². The predicted octanol–water partition coefficient (Wildman–Crippen LogP) is 1.19. The van der Waals surface area contributed by atoms with Crippen molar-refractivity contribution in [3.05, 3.63) is 35.6 Å². The number of rotatable bonds is 7. The molecule has 18 heavy (non-hydrogen) atoms. The Morgan fingerprint density at radius 3 is 2.50 bits per heavy atom. The summed E-state index contributed by atoms with van der Waals surface area (Å²) in [5.41, 5.74) is 0.613. The van der Waals surface area contributed by atoms with E-state index in [2.05, 4.69) is 0 Å². The van der Waals surface area contributed by atoms with Crippen LogP contribution in [0.15, 0.2) is 24.3 Å². The van der Waals surface area contributed by atoms with Gasteiger partial charge in [-0.05, 0) is 17.7 Å². The van der Waals surface area contributed by atoms with E-state index in [4.69, 9.17) is 10.2 Å². The maximum atomic E-state index is 13.0. The Balaban J connectivity index is 2.65. The second-order valence-electron chi connectivity index (χ2n) is 3.88. The van der Waals surface area contributed by atoms with Crippen LogP contribution in [0.1, 0.15) is 12.0 Å². The van der Waals surface area contributed by atoms with Crippen LogP contribution in [-0.4, -0.2) is 40.1 Å². The molecule has 1 aromatic rings. The summed E-state index contributed by atoms with van der Waals surface area (Å²) in [5.74, 6) is -2.44. The van der Waals surface area contributed by atoms with Gasteiger partial charge >= 0.3 is 11.9 Å². The molecule has 0 saturated carbocycles. The second-order valence-corrected chi connectivity index (χ2v) is 3.88. The van der Waals surface area contributed by atoms with Crippen LogP contribution >= 0.6 is 0 Å². The quantitative estimate of drug-likeness (QED) is 0.765. The molecule has 0 bridgehead atoms. The van der Waals surface area contributed by atoms with Crippen LogP contribution < -0.4 is 0 Å². The minimum absolute atomic E-state index is 0.109. The molecule has 2 N–H and O–H groups in total. The average molecular weight is 255 g/mol. The minimum atomic E-state index is -1.04. The van der Waals surface area contributed by atoms with E-state index >= 15 is 0 Å². The zero-order chi connectivity index (χ0) is 13.5. The molecule has 0 aromatic heterocycles. The lowest BCUT2D eigenvalue weighted by atomic mass is 10.2. The number of aliphatic carboxylic acids is 2. The monoisotopic (exact) mass is 255 g/mol. The van der Waals surface area contributed by atoms with Crippen LogP contribution in [0.4, 0.5) is 4.39 Å². The Labute approximate surface area is 103 Å². The average Bonchev–Trinajstić information content (AvgIpc) is 2.25. The third-order valence-corrected chi connectivity index (χ3v) is 2.30. The van der Waals surface area contributed by atoms with Crippen molar-refractivity contribution in [2.45, 2.75) is 13.0 Å². The van der Waals surface area contributed by atoms with Gasteiger partial charge in [-0.3, -0.25) is 14.5 Å². The van der Waals surface area contributed by atoms with Crippen molar-refractivity contribution in [3.63, 3.8) is 0 Å². The van der Waals surface area contributed by atoms with Gasteiger partial charge in [0.25, 0.3) is 0 Å². The maximum absolute atomic E-state index is 13.0. The SMILES string of the molecule is O=C(O)CCN(CC(=O)O)Cc1cccc(F)c1. The number of hydrogen-bond acceptors (Lipinski definition) is 3. The van der Waals surface area contributed by atoms with E-state index in [9.17, 15) is 14.0 Å². The van der Waals surface area contributed by atoms with Crippen LogP contribution in [-0.2, 0) is 16.1 Å². The number of nitrogens with zero attached hydrogens (tertiary/aromatic N) is 1. The first-order valence-corrected chi connectivity index (χ1v) is 5.38. The summed E-state index contributed by atoms with van der Waals surface area (Å²) >= 11 is 0. The standard InChI is InChI=1S/C12H14FNO4/c13-10-3-1-2-9(6-10)7-14(8-12(17)18)5-4-11(15)16/h1-3,6H,4-5,7-8H2,(H,15,16)(H,17,18). The van der Waals surface area contributed by atoms with Gasteiger partial charge in [0.1, 0.15) is 5.82 Å². The first kappa shape index (κ1) is 14.1. The van der Waals surface area contributed by atoms with Crippen LogP contribution in [0.25, 0.3) is 0 Å². The smallest absolute Gasteiger partial charge is 0.317 e. The Morgan fingerprint density at radius 2 is 1.94 bits per heavy atom. The highest BCUT2D eigenvalue weighted by atomic mass is 19.1. The summed E-state index contributed by atoms with van der Waals surface area (Å²) in [6.07, 6.45) is -0.150. The number of hydrogen-bond donors (Lipinski definition) is 2. The predicted molar refractivity (Wildman–Crippen MR) is 61.6 cm³/mol. The number of halogens is 1. The van der Waals surface area contributed by atoms with Gasteiger partial charge in [-0.15, -0.1) is 0 Å². The molecule has 0 atom stereocenters. The Kier molecular flexibility index (Phi) is 5.26. The van der Waals surface area contributed by atoms with Gasteiger partial charge in [0.15, 0.2) is 0 Å². The highest BCUT2D eigenvalue weighted by molar-refractivity contribution is 5.69. The molecule has 1 aromatic carbocycles. The lowest BCUT2D eigenvalue weighted by Gasteiger charge is -2.19. The Bertz CT molecular complexity index is 436. The number of carbonyl (C=O) groups is 2. The van der Waals surface area contributed by atoms with Gasteiger partial charge in [-0.1, -0.05) is 12.1 Å². The molecular formula is C12H14FNO4. The van der Waals surface area contributed by atoms with Gasteiger partial charge in [0.2, 0.25) is 0 Å². The van der Waals surface area contributed by atoms with Crippen LogP contribution in [0.5, 0.6) is 0 Å². The van der Waals surface area contributed by atoms with Crippen LogP contribution in [0.2, 0.25) is 0 Å². The highest BCUT2D eigenvalue weighted by Crippen LogP contribution is 2.07. The van der Waals surface area contributed by atoms with Crippen LogP contribution in [0, 0.1) is 5.82 Å². The van der Waals surface area contributed by atoms with E-state index in [0.29, 0.717) is 5.56 Å². The second kappa shape index (κ2) is 6.70. The Morgan fingerprint density at radius 1 is 1.22 bits per heavy atom. The molecular weight excluding hydrogens is 241 g/mol. The molecule has 0 radical (unpaired) electrons. The molecule has 0 saturated heterocycles. The minimum Gasteiger partial charge on any atom is -0.481 e. The zero-order valence-corrected chi connectivity index (χ0v) is 9.67. The molecule has 0 aliphatic carbocycles. The fourth-order valence-corrected chi connectivity index (χ4v) is 1.55. The van der Waals surface area contributed by atoms with E-state index in [-0.39, 0.29) is 26.1 Å². The van der Waals surface area contributed by atoms with Crippen molar-refractivity contribution in [1.82, 2.24) is 4.90 Å². The van der Waals surface area contributed by atoms with E-state index < -0.39 is 17.8 Å². The summed E-state index contributed by atoms with van der Waals surface area (Å²) in [4.78, 5) is 22.6. The molecule has 0 unspecified atom stereocenters. The fourth-order valence-electron chi connectivity index (χ4n) is 1.55. The lowest BCUT2D eigenvalue weighted by Crippen LogP contribution is -2.31. The lowest BCUT2D eigenvalue weighted by molar-refractivity contribution is -0.141. The van der Waals surface area contributed by atoms with Gasteiger partial charge < -0.3 is 10.2 Å². The number of carboxylic acids is 2. The molecule has 0 amide bonds. The molecule has 98 valence electrons. The summed E-state index contributed by atoms with van der Waals surface area (Å²) in [6.45, 7) is 0.0410. The van der Waals surface area contributed by atoms with Gasteiger partial charge in [0, 0.05) is 13.1 Å². The van der Waals surface area contributed by atoms with Crippen molar-refractivity contribution in [3.8, 4) is 0 Å². The summed E-state index contributed by atoms with van der Waals surface area (Å²) in [7, 11) is 0. The van der Waals surface area contributed by atoms with Gasteiger partial charge in [-0.25, -0.2) is 4.39 Å². The van der Waals surface area contributed by atoms with Gasteiger partial charge in [0.05, 0.1) is 13.0 Å². The molecule has 0 spiro atoms. The fraction of sp³-hybridized carbons (Fsp3) is 0.333.